The Hall–Kier alpha value is -1.32. The zero-order valence-corrected chi connectivity index (χ0v) is 8.32. The largest absolute Gasteiger partial charge is 0.480 e. The Morgan fingerprint density at radius 1 is 1.36 bits per heavy atom. The summed E-state index contributed by atoms with van der Waals surface area (Å²) in [4.78, 5) is 22.6. The lowest BCUT2D eigenvalue weighted by molar-refractivity contribution is -0.170. The predicted octanol–water partition coefficient (Wildman–Crippen LogP) is 1.36. The number of rotatable bonds is 3. The number of hydrogen-bond acceptors (Lipinski definition) is 3. The van der Waals surface area contributed by atoms with Crippen LogP contribution in [0, 0.1) is 5.41 Å². The van der Waals surface area contributed by atoms with Crippen molar-refractivity contribution in [1.29, 1.82) is 0 Å². The predicted molar refractivity (Wildman–Crippen MR) is 49.7 cm³/mol. The molecular formula is C10H14O4. The smallest absolute Gasteiger partial charge is 0.324 e. The van der Waals surface area contributed by atoms with Crippen molar-refractivity contribution >= 4 is 11.9 Å². The van der Waals surface area contributed by atoms with E-state index in [1.54, 1.807) is 26.0 Å². The van der Waals surface area contributed by atoms with Crippen molar-refractivity contribution in [3.05, 3.63) is 12.2 Å². The van der Waals surface area contributed by atoms with Crippen LogP contribution in [0.4, 0.5) is 0 Å². The number of carbonyl (C=O) groups excluding carboxylic acids is 1. The summed E-state index contributed by atoms with van der Waals surface area (Å²) in [6.07, 6.45) is 3.59. The average molecular weight is 198 g/mol. The topological polar surface area (TPSA) is 63.6 Å². The fourth-order valence-electron chi connectivity index (χ4n) is 1.41. The van der Waals surface area contributed by atoms with E-state index in [-0.39, 0.29) is 18.9 Å². The van der Waals surface area contributed by atoms with Gasteiger partial charge in [-0.3, -0.25) is 9.59 Å². The molecule has 0 aliphatic heterocycles. The first-order valence-electron chi connectivity index (χ1n) is 4.58. The van der Waals surface area contributed by atoms with Crippen LogP contribution in [0.2, 0.25) is 0 Å². The summed E-state index contributed by atoms with van der Waals surface area (Å²) in [5.74, 6) is -1.74. The highest BCUT2D eigenvalue weighted by Gasteiger charge is 2.48. The molecule has 1 rings (SSSR count). The summed E-state index contributed by atoms with van der Waals surface area (Å²) >= 11 is 0. The Balaban J connectivity index is 2.79. The molecule has 1 N–H and O–H groups in total. The van der Waals surface area contributed by atoms with Crippen molar-refractivity contribution < 1.29 is 19.4 Å². The Bertz CT molecular complexity index is 270. The van der Waals surface area contributed by atoms with E-state index in [2.05, 4.69) is 0 Å². The number of carboxylic acids is 1. The average Bonchev–Trinajstić information content (AvgIpc) is 2.51. The molecule has 0 unspecified atom stereocenters. The van der Waals surface area contributed by atoms with Gasteiger partial charge in [-0.25, -0.2) is 0 Å². The molecule has 0 fully saturated rings. The molecule has 4 nitrogen and oxygen atoms in total. The molecule has 0 saturated carbocycles. The minimum atomic E-state index is -1.37. The van der Waals surface area contributed by atoms with E-state index in [4.69, 9.17) is 9.84 Å². The van der Waals surface area contributed by atoms with Gasteiger partial charge >= 0.3 is 11.9 Å². The maximum absolute atomic E-state index is 11.6. The molecule has 0 atom stereocenters. The van der Waals surface area contributed by atoms with Crippen molar-refractivity contribution in [2.75, 3.05) is 0 Å². The Labute approximate surface area is 82.6 Å². The third-order valence-corrected chi connectivity index (χ3v) is 2.24. The van der Waals surface area contributed by atoms with Crippen LogP contribution in [0.3, 0.4) is 0 Å². The van der Waals surface area contributed by atoms with E-state index in [1.165, 1.54) is 0 Å². The molecule has 0 aromatic rings. The van der Waals surface area contributed by atoms with Gasteiger partial charge in [0, 0.05) is 0 Å². The molecular weight excluding hydrogens is 184 g/mol. The lowest BCUT2D eigenvalue weighted by Gasteiger charge is -2.22. The number of aliphatic carboxylic acids is 1. The Morgan fingerprint density at radius 2 is 1.86 bits per heavy atom. The summed E-state index contributed by atoms with van der Waals surface area (Å²) < 4.78 is 4.94. The standard InChI is InChI=1S/C10H14O4/c1-7(2)14-9(13)10(8(11)12)5-3-4-6-10/h3-4,7H,5-6H2,1-2H3,(H,11,12). The summed E-state index contributed by atoms with van der Waals surface area (Å²) in [5, 5.41) is 9.01. The third kappa shape index (κ3) is 1.78. The highest BCUT2D eigenvalue weighted by atomic mass is 16.5. The summed E-state index contributed by atoms with van der Waals surface area (Å²) in [6.45, 7) is 3.41. The fourth-order valence-corrected chi connectivity index (χ4v) is 1.41. The fraction of sp³-hybridized carbons (Fsp3) is 0.600. The molecule has 0 radical (unpaired) electrons. The van der Waals surface area contributed by atoms with E-state index in [1.807, 2.05) is 0 Å². The summed E-state index contributed by atoms with van der Waals surface area (Å²) in [5.41, 5.74) is -1.37. The molecule has 0 saturated heterocycles. The highest BCUT2D eigenvalue weighted by Crippen LogP contribution is 2.35. The minimum Gasteiger partial charge on any atom is -0.480 e. The summed E-state index contributed by atoms with van der Waals surface area (Å²) in [6, 6.07) is 0. The summed E-state index contributed by atoms with van der Waals surface area (Å²) in [7, 11) is 0. The first kappa shape index (κ1) is 10.8. The second-order valence-electron chi connectivity index (χ2n) is 3.72. The van der Waals surface area contributed by atoms with Gasteiger partial charge in [-0.2, -0.15) is 0 Å². The van der Waals surface area contributed by atoms with Crippen LogP contribution in [0.25, 0.3) is 0 Å². The lowest BCUT2D eigenvalue weighted by Crippen LogP contribution is -2.39. The zero-order valence-electron chi connectivity index (χ0n) is 8.32. The molecule has 0 bridgehead atoms. The molecule has 4 heteroatoms. The highest BCUT2D eigenvalue weighted by molar-refractivity contribution is 6.00. The van der Waals surface area contributed by atoms with Crippen LogP contribution in [-0.4, -0.2) is 23.1 Å². The van der Waals surface area contributed by atoms with Crippen molar-refractivity contribution in [1.82, 2.24) is 0 Å². The molecule has 14 heavy (non-hydrogen) atoms. The monoisotopic (exact) mass is 198 g/mol. The van der Waals surface area contributed by atoms with Crippen LogP contribution in [0.1, 0.15) is 26.7 Å². The van der Waals surface area contributed by atoms with Gasteiger partial charge in [0.25, 0.3) is 0 Å². The van der Waals surface area contributed by atoms with Gasteiger partial charge in [-0.05, 0) is 26.7 Å². The molecule has 1 aliphatic rings. The SMILES string of the molecule is CC(C)OC(=O)C1(C(=O)O)CC=CC1. The van der Waals surface area contributed by atoms with Gasteiger partial charge < -0.3 is 9.84 Å². The van der Waals surface area contributed by atoms with Crippen LogP contribution in [-0.2, 0) is 14.3 Å². The van der Waals surface area contributed by atoms with Gasteiger partial charge in [-0.1, -0.05) is 12.2 Å². The van der Waals surface area contributed by atoms with Crippen molar-refractivity contribution in [3.63, 3.8) is 0 Å². The van der Waals surface area contributed by atoms with E-state index in [0.29, 0.717) is 0 Å². The zero-order chi connectivity index (χ0) is 10.8. The van der Waals surface area contributed by atoms with Gasteiger partial charge in [-0.15, -0.1) is 0 Å². The number of esters is 1. The van der Waals surface area contributed by atoms with Gasteiger partial charge in [0.2, 0.25) is 0 Å². The normalized spacial score (nSPS) is 18.5. The van der Waals surface area contributed by atoms with Crippen molar-refractivity contribution in [2.24, 2.45) is 5.41 Å². The Morgan fingerprint density at radius 3 is 2.21 bits per heavy atom. The molecule has 0 aromatic heterocycles. The third-order valence-electron chi connectivity index (χ3n) is 2.24. The molecule has 0 spiro atoms. The first-order chi connectivity index (χ1) is 6.49. The maximum atomic E-state index is 11.6. The lowest BCUT2D eigenvalue weighted by atomic mass is 9.85. The van der Waals surface area contributed by atoms with Crippen LogP contribution >= 0.6 is 0 Å². The van der Waals surface area contributed by atoms with Crippen molar-refractivity contribution in [2.45, 2.75) is 32.8 Å². The number of carbonyl (C=O) groups is 2. The molecule has 78 valence electrons. The van der Waals surface area contributed by atoms with Crippen LogP contribution in [0.15, 0.2) is 12.2 Å². The number of allylic oxidation sites excluding steroid dienone is 2. The van der Waals surface area contributed by atoms with Gasteiger partial charge in [0.1, 0.15) is 0 Å². The molecule has 0 aromatic carbocycles. The van der Waals surface area contributed by atoms with E-state index in [0.717, 1.165) is 0 Å². The van der Waals surface area contributed by atoms with Gasteiger partial charge in [0.15, 0.2) is 5.41 Å². The Kier molecular flexibility index (Phi) is 2.93. The van der Waals surface area contributed by atoms with Crippen LogP contribution in [0.5, 0.6) is 0 Å². The number of hydrogen-bond donors (Lipinski definition) is 1. The van der Waals surface area contributed by atoms with Crippen LogP contribution < -0.4 is 0 Å². The molecule has 0 heterocycles. The quantitative estimate of drug-likeness (QED) is 0.422. The second-order valence-corrected chi connectivity index (χ2v) is 3.72. The van der Waals surface area contributed by atoms with E-state index in [9.17, 15) is 9.59 Å². The van der Waals surface area contributed by atoms with Gasteiger partial charge in [0.05, 0.1) is 6.10 Å². The second kappa shape index (κ2) is 3.82. The van der Waals surface area contributed by atoms with E-state index >= 15 is 0 Å². The first-order valence-corrected chi connectivity index (χ1v) is 4.58. The minimum absolute atomic E-state index is 0.230. The maximum Gasteiger partial charge on any atom is 0.324 e. The molecule has 0 amide bonds. The van der Waals surface area contributed by atoms with E-state index < -0.39 is 17.4 Å². The number of carboxylic acid groups (broad SMARTS) is 1. The van der Waals surface area contributed by atoms with Crippen molar-refractivity contribution in [3.8, 4) is 0 Å². The molecule has 1 aliphatic carbocycles. The number of ether oxygens (including phenoxy) is 1.